The summed E-state index contributed by atoms with van der Waals surface area (Å²) in [4.78, 5) is 0. The molecule has 0 aliphatic carbocycles. The Hall–Kier alpha value is -1.21. The molecule has 1 aromatic carbocycles. The lowest BCUT2D eigenvalue weighted by Crippen LogP contribution is -1.82. The van der Waals surface area contributed by atoms with E-state index < -0.39 is 0 Å². The van der Waals surface area contributed by atoms with Crippen molar-refractivity contribution in [3.05, 3.63) is 48.1 Å². The maximum atomic E-state index is 6.05. The van der Waals surface area contributed by atoms with E-state index in [1.807, 2.05) is 49.4 Å². The molecular weight excluding hydrogens is 196 g/mol. The highest BCUT2D eigenvalue weighted by Crippen LogP contribution is 2.21. The van der Waals surface area contributed by atoms with Crippen LogP contribution in [0.15, 0.2) is 42.5 Å². The van der Waals surface area contributed by atoms with Gasteiger partial charge in [-0.2, -0.15) is 0 Å². The number of hydrogen-bond acceptors (Lipinski definition) is 1. The van der Waals surface area contributed by atoms with Gasteiger partial charge in [0.25, 0.3) is 0 Å². The van der Waals surface area contributed by atoms with Crippen LogP contribution in [0, 0.1) is 0 Å². The Kier molecular flexibility index (Phi) is 4.27. The molecule has 1 aromatic rings. The fraction of sp³-hybridized carbons (Fsp3) is 0.167. The molecule has 14 heavy (non-hydrogen) atoms. The lowest BCUT2D eigenvalue weighted by Gasteiger charge is -2.01. The average Bonchev–Trinajstić information content (AvgIpc) is 2.26. The molecule has 0 fully saturated rings. The molecule has 1 nitrogen and oxygen atoms in total. The van der Waals surface area contributed by atoms with Gasteiger partial charge in [0.15, 0.2) is 0 Å². The van der Waals surface area contributed by atoms with E-state index in [1.165, 1.54) is 0 Å². The van der Waals surface area contributed by atoms with Crippen molar-refractivity contribution in [1.82, 2.24) is 0 Å². The highest BCUT2D eigenvalue weighted by Gasteiger charge is 1.96. The van der Waals surface area contributed by atoms with E-state index in [0.717, 1.165) is 16.3 Å². The van der Waals surface area contributed by atoms with Crippen molar-refractivity contribution >= 4 is 16.6 Å². The quantitative estimate of drug-likeness (QED) is 0.686. The van der Waals surface area contributed by atoms with E-state index >= 15 is 0 Å². The lowest BCUT2D eigenvalue weighted by molar-refractivity contribution is 0.415. The molecule has 0 aliphatic rings. The van der Waals surface area contributed by atoms with Gasteiger partial charge in [0, 0.05) is 5.03 Å². The lowest BCUT2D eigenvalue weighted by atomic mass is 10.2. The summed E-state index contributed by atoms with van der Waals surface area (Å²) in [6.07, 6.45) is 5.71. The molecule has 0 saturated carbocycles. The predicted molar refractivity (Wildman–Crippen MR) is 61.6 cm³/mol. The van der Waals surface area contributed by atoms with Crippen LogP contribution >= 0.6 is 11.6 Å². The van der Waals surface area contributed by atoms with Crippen LogP contribution in [0.1, 0.15) is 12.5 Å². The van der Waals surface area contributed by atoms with Gasteiger partial charge in [-0.05, 0) is 42.8 Å². The van der Waals surface area contributed by atoms with Gasteiger partial charge in [0.1, 0.15) is 5.75 Å². The van der Waals surface area contributed by atoms with Crippen molar-refractivity contribution in [1.29, 1.82) is 0 Å². The molecule has 0 heterocycles. The Bertz CT molecular complexity index is 336. The zero-order valence-electron chi connectivity index (χ0n) is 8.33. The SMILES string of the molecule is C/C=C\C=C(\Cl)c1ccc(OC)cc1. The first-order chi connectivity index (χ1) is 6.77. The highest BCUT2D eigenvalue weighted by atomic mass is 35.5. The van der Waals surface area contributed by atoms with E-state index in [9.17, 15) is 0 Å². The van der Waals surface area contributed by atoms with Crippen LogP contribution in [-0.2, 0) is 0 Å². The Morgan fingerprint density at radius 1 is 1.29 bits per heavy atom. The standard InChI is InChI=1S/C12H13ClO/c1-3-4-5-12(13)10-6-8-11(14-2)9-7-10/h3-9H,1-2H3/b4-3-,12-5+. The molecule has 0 atom stereocenters. The average molecular weight is 209 g/mol. The fourth-order valence-corrected chi connectivity index (χ4v) is 1.23. The number of rotatable bonds is 3. The van der Waals surface area contributed by atoms with Gasteiger partial charge >= 0.3 is 0 Å². The molecule has 74 valence electrons. The molecule has 0 radical (unpaired) electrons. The van der Waals surface area contributed by atoms with Crippen LogP contribution in [0.4, 0.5) is 0 Å². The maximum absolute atomic E-state index is 6.05. The summed E-state index contributed by atoms with van der Waals surface area (Å²) in [5, 5.41) is 0.728. The molecule has 0 saturated heterocycles. The number of methoxy groups -OCH3 is 1. The molecule has 2 heteroatoms. The Balaban J connectivity index is 2.86. The molecule has 0 aliphatic heterocycles. The number of hydrogen-bond donors (Lipinski definition) is 0. The van der Waals surface area contributed by atoms with Crippen LogP contribution < -0.4 is 4.74 Å². The summed E-state index contributed by atoms with van der Waals surface area (Å²) in [6, 6.07) is 7.64. The van der Waals surface area contributed by atoms with Crippen LogP contribution in [0.5, 0.6) is 5.75 Å². The monoisotopic (exact) mass is 208 g/mol. The van der Waals surface area contributed by atoms with E-state index in [-0.39, 0.29) is 0 Å². The van der Waals surface area contributed by atoms with Crippen molar-refractivity contribution in [2.24, 2.45) is 0 Å². The first kappa shape index (κ1) is 10.9. The minimum atomic E-state index is 0.728. The normalized spacial score (nSPS) is 12.1. The van der Waals surface area contributed by atoms with Gasteiger partial charge in [-0.3, -0.25) is 0 Å². The number of halogens is 1. The molecule has 0 bridgehead atoms. The van der Waals surface area contributed by atoms with Crippen LogP contribution in [0.25, 0.3) is 5.03 Å². The summed E-state index contributed by atoms with van der Waals surface area (Å²) < 4.78 is 5.05. The van der Waals surface area contributed by atoms with Gasteiger partial charge in [-0.25, -0.2) is 0 Å². The van der Waals surface area contributed by atoms with Gasteiger partial charge in [-0.15, -0.1) is 0 Å². The Labute approximate surface area is 89.7 Å². The van der Waals surface area contributed by atoms with Crippen molar-refractivity contribution in [3.8, 4) is 5.75 Å². The number of ether oxygens (including phenoxy) is 1. The minimum Gasteiger partial charge on any atom is -0.497 e. The van der Waals surface area contributed by atoms with Crippen molar-refractivity contribution in [2.75, 3.05) is 7.11 Å². The Morgan fingerprint density at radius 3 is 2.43 bits per heavy atom. The van der Waals surface area contributed by atoms with E-state index in [1.54, 1.807) is 7.11 Å². The molecular formula is C12H13ClO. The topological polar surface area (TPSA) is 9.23 Å². The molecule has 0 aromatic heterocycles. The Morgan fingerprint density at radius 2 is 1.93 bits per heavy atom. The second kappa shape index (κ2) is 5.51. The first-order valence-electron chi connectivity index (χ1n) is 4.41. The van der Waals surface area contributed by atoms with Crippen molar-refractivity contribution in [2.45, 2.75) is 6.92 Å². The van der Waals surface area contributed by atoms with Gasteiger partial charge in [-0.1, -0.05) is 23.8 Å². The van der Waals surface area contributed by atoms with Crippen molar-refractivity contribution in [3.63, 3.8) is 0 Å². The number of allylic oxidation sites excluding steroid dienone is 3. The molecule has 0 N–H and O–H groups in total. The van der Waals surface area contributed by atoms with E-state index in [2.05, 4.69) is 0 Å². The number of benzene rings is 1. The summed E-state index contributed by atoms with van der Waals surface area (Å²) >= 11 is 6.05. The largest absolute Gasteiger partial charge is 0.497 e. The molecule has 0 unspecified atom stereocenters. The summed E-state index contributed by atoms with van der Waals surface area (Å²) in [6.45, 7) is 1.95. The third kappa shape index (κ3) is 2.93. The van der Waals surface area contributed by atoms with Gasteiger partial charge in [0.2, 0.25) is 0 Å². The fourth-order valence-electron chi connectivity index (χ4n) is 1.03. The maximum Gasteiger partial charge on any atom is 0.118 e. The zero-order valence-corrected chi connectivity index (χ0v) is 9.08. The summed E-state index contributed by atoms with van der Waals surface area (Å²) in [5.41, 5.74) is 0.991. The molecule has 0 spiro atoms. The second-order valence-electron chi connectivity index (χ2n) is 2.77. The van der Waals surface area contributed by atoms with Gasteiger partial charge < -0.3 is 4.74 Å². The van der Waals surface area contributed by atoms with E-state index in [4.69, 9.17) is 16.3 Å². The third-order valence-corrected chi connectivity index (χ3v) is 2.15. The van der Waals surface area contributed by atoms with Crippen molar-refractivity contribution < 1.29 is 4.74 Å². The van der Waals surface area contributed by atoms with Crippen LogP contribution in [0.3, 0.4) is 0 Å². The third-order valence-electron chi connectivity index (χ3n) is 1.80. The van der Waals surface area contributed by atoms with E-state index in [0.29, 0.717) is 0 Å². The second-order valence-corrected chi connectivity index (χ2v) is 3.18. The molecule has 1 rings (SSSR count). The first-order valence-corrected chi connectivity index (χ1v) is 4.78. The van der Waals surface area contributed by atoms with Gasteiger partial charge in [0.05, 0.1) is 7.11 Å². The summed E-state index contributed by atoms with van der Waals surface area (Å²) in [5.74, 6) is 0.837. The summed E-state index contributed by atoms with van der Waals surface area (Å²) in [7, 11) is 1.65. The smallest absolute Gasteiger partial charge is 0.118 e. The zero-order chi connectivity index (χ0) is 10.4. The minimum absolute atomic E-state index is 0.728. The van der Waals surface area contributed by atoms with Crippen LogP contribution in [0.2, 0.25) is 0 Å². The molecule has 0 amide bonds. The van der Waals surface area contributed by atoms with Crippen LogP contribution in [-0.4, -0.2) is 7.11 Å². The highest BCUT2D eigenvalue weighted by molar-refractivity contribution is 6.48. The predicted octanol–water partition coefficient (Wildman–Crippen LogP) is 3.85.